The molecule has 1 fully saturated rings. The van der Waals surface area contributed by atoms with Crippen LogP contribution in [0.15, 0.2) is 49.0 Å². The first-order chi connectivity index (χ1) is 9.41. The fourth-order valence-corrected chi connectivity index (χ4v) is 2.50. The third kappa shape index (κ3) is 5.28. The Kier molecular flexibility index (Phi) is 6.63. The first-order valence-electron chi connectivity index (χ1n) is 7.62. The Morgan fingerprint density at radius 3 is 2.50 bits per heavy atom. The number of nitrogens with zero attached hydrogens (tertiary/aromatic N) is 1. The van der Waals surface area contributed by atoms with Gasteiger partial charge in [0.05, 0.1) is 0 Å². The van der Waals surface area contributed by atoms with Gasteiger partial charge in [0.1, 0.15) is 0 Å². The van der Waals surface area contributed by atoms with Gasteiger partial charge < -0.3 is 10.2 Å². The molecule has 1 atom stereocenters. The van der Waals surface area contributed by atoms with Gasteiger partial charge in [-0.1, -0.05) is 45.2 Å². The molecule has 1 unspecified atom stereocenters. The van der Waals surface area contributed by atoms with Crippen molar-refractivity contribution < 1.29 is 0 Å². The van der Waals surface area contributed by atoms with Gasteiger partial charge in [-0.3, -0.25) is 0 Å². The number of hydrogen-bond donors (Lipinski definition) is 1. The molecule has 0 amide bonds. The molecule has 0 saturated carbocycles. The zero-order valence-corrected chi connectivity index (χ0v) is 13.3. The Morgan fingerprint density at radius 1 is 1.25 bits per heavy atom. The van der Waals surface area contributed by atoms with Crippen LogP contribution in [0.25, 0.3) is 0 Å². The van der Waals surface area contributed by atoms with E-state index in [1.165, 1.54) is 30.7 Å². The molecule has 1 saturated heterocycles. The lowest BCUT2D eigenvalue weighted by Gasteiger charge is -2.21. The smallest absolute Gasteiger partial charge is 0.0351 e. The van der Waals surface area contributed by atoms with Gasteiger partial charge in [-0.05, 0) is 32.6 Å². The molecular formula is C18H30N2. The third-order valence-electron chi connectivity index (χ3n) is 3.84. The van der Waals surface area contributed by atoms with Gasteiger partial charge in [0, 0.05) is 36.1 Å². The van der Waals surface area contributed by atoms with E-state index >= 15 is 0 Å². The topological polar surface area (TPSA) is 15.3 Å². The molecule has 2 heteroatoms. The maximum absolute atomic E-state index is 4.17. The van der Waals surface area contributed by atoms with Crippen LogP contribution < -0.4 is 5.32 Å². The first-order valence-corrected chi connectivity index (χ1v) is 7.62. The molecule has 1 rings (SSSR count). The minimum absolute atomic E-state index is 0.564. The zero-order chi connectivity index (χ0) is 15.1. The van der Waals surface area contributed by atoms with E-state index in [9.17, 15) is 0 Å². The summed E-state index contributed by atoms with van der Waals surface area (Å²) in [6.07, 6.45) is 5.72. The van der Waals surface area contributed by atoms with Gasteiger partial charge in [0.25, 0.3) is 0 Å². The maximum atomic E-state index is 4.17. The molecule has 0 aromatic heterocycles. The van der Waals surface area contributed by atoms with Gasteiger partial charge >= 0.3 is 0 Å². The zero-order valence-electron chi connectivity index (χ0n) is 13.3. The Balaban J connectivity index is 2.10. The SMILES string of the molecule is C=C(C)CNC(=C)CCCCCN1C(=C)CC(C)C1=C. The van der Waals surface area contributed by atoms with Gasteiger partial charge in [0.15, 0.2) is 0 Å². The summed E-state index contributed by atoms with van der Waals surface area (Å²) in [5.74, 6) is 0.564. The lowest BCUT2D eigenvalue weighted by molar-refractivity contribution is 0.426. The van der Waals surface area contributed by atoms with E-state index < -0.39 is 0 Å². The summed E-state index contributed by atoms with van der Waals surface area (Å²) in [7, 11) is 0. The van der Waals surface area contributed by atoms with Crippen molar-refractivity contribution in [2.75, 3.05) is 13.1 Å². The minimum Gasteiger partial charge on any atom is -0.385 e. The molecule has 0 radical (unpaired) electrons. The molecule has 1 heterocycles. The summed E-state index contributed by atoms with van der Waals surface area (Å²) in [5, 5.41) is 3.30. The van der Waals surface area contributed by atoms with E-state index in [-0.39, 0.29) is 0 Å². The number of hydrogen-bond acceptors (Lipinski definition) is 2. The van der Waals surface area contributed by atoms with Gasteiger partial charge in [0.2, 0.25) is 0 Å². The van der Waals surface area contributed by atoms with Crippen LogP contribution in [0.5, 0.6) is 0 Å². The molecule has 0 spiro atoms. The number of nitrogens with one attached hydrogen (secondary N) is 1. The highest BCUT2D eigenvalue weighted by Crippen LogP contribution is 2.33. The van der Waals surface area contributed by atoms with Crippen LogP contribution in [-0.2, 0) is 0 Å². The summed E-state index contributed by atoms with van der Waals surface area (Å²) in [4.78, 5) is 2.30. The highest BCUT2D eigenvalue weighted by atomic mass is 15.2. The van der Waals surface area contributed by atoms with Crippen LogP contribution in [-0.4, -0.2) is 18.0 Å². The monoisotopic (exact) mass is 274 g/mol. The highest BCUT2D eigenvalue weighted by molar-refractivity contribution is 5.18. The fourth-order valence-electron chi connectivity index (χ4n) is 2.50. The molecule has 0 bridgehead atoms. The number of likely N-dealkylation sites (tertiary alicyclic amines) is 1. The summed E-state index contributed by atoms with van der Waals surface area (Å²) in [5.41, 5.74) is 4.74. The highest BCUT2D eigenvalue weighted by Gasteiger charge is 2.25. The Morgan fingerprint density at radius 2 is 1.95 bits per heavy atom. The lowest BCUT2D eigenvalue weighted by Crippen LogP contribution is -2.17. The molecule has 112 valence electrons. The van der Waals surface area contributed by atoms with Crippen molar-refractivity contribution in [1.29, 1.82) is 0 Å². The first kappa shape index (κ1) is 16.6. The molecule has 20 heavy (non-hydrogen) atoms. The standard InChI is InChI=1S/C18H30N2/c1-14(2)13-19-16(4)10-8-7-9-11-20-17(5)12-15(3)18(20)6/h15,19H,1,4-13H2,2-3H3. The van der Waals surface area contributed by atoms with Gasteiger partial charge in [-0.25, -0.2) is 0 Å². The quantitative estimate of drug-likeness (QED) is 0.488. The van der Waals surface area contributed by atoms with E-state index in [0.717, 1.165) is 37.2 Å². The lowest BCUT2D eigenvalue weighted by atomic mass is 10.1. The summed E-state index contributed by atoms with van der Waals surface area (Å²) in [6, 6.07) is 0. The van der Waals surface area contributed by atoms with Crippen LogP contribution in [0.4, 0.5) is 0 Å². The van der Waals surface area contributed by atoms with Crippen LogP contribution >= 0.6 is 0 Å². The normalized spacial score (nSPS) is 18.5. The van der Waals surface area contributed by atoms with E-state index in [2.05, 4.69) is 43.5 Å². The molecule has 0 aromatic carbocycles. The predicted octanol–water partition coefficient (Wildman–Crippen LogP) is 4.60. The van der Waals surface area contributed by atoms with E-state index in [4.69, 9.17) is 0 Å². The fraction of sp³-hybridized carbons (Fsp3) is 0.556. The van der Waals surface area contributed by atoms with E-state index in [0.29, 0.717) is 5.92 Å². The van der Waals surface area contributed by atoms with E-state index in [1.807, 2.05) is 6.92 Å². The van der Waals surface area contributed by atoms with Crippen LogP contribution in [0.3, 0.4) is 0 Å². The molecule has 0 aliphatic carbocycles. The Bertz CT molecular complexity index is 392. The molecule has 1 aliphatic heterocycles. The van der Waals surface area contributed by atoms with Crippen molar-refractivity contribution in [3.05, 3.63) is 49.0 Å². The second kappa shape index (κ2) is 7.98. The molecule has 1 N–H and O–H groups in total. The second-order valence-electron chi connectivity index (χ2n) is 6.04. The van der Waals surface area contributed by atoms with Crippen molar-refractivity contribution in [3.8, 4) is 0 Å². The second-order valence-corrected chi connectivity index (χ2v) is 6.04. The molecular weight excluding hydrogens is 244 g/mol. The molecule has 0 aromatic rings. The Hall–Kier alpha value is -1.44. The van der Waals surface area contributed by atoms with E-state index in [1.54, 1.807) is 0 Å². The number of unbranched alkanes of at least 4 members (excludes halogenated alkanes) is 2. The summed E-state index contributed by atoms with van der Waals surface area (Å²) in [6.45, 7) is 22.4. The van der Waals surface area contributed by atoms with Crippen molar-refractivity contribution in [2.24, 2.45) is 5.92 Å². The van der Waals surface area contributed by atoms with Crippen molar-refractivity contribution >= 4 is 0 Å². The van der Waals surface area contributed by atoms with Crippen LogP contribution in [0.1, 0.15) is 46.0 Å². The van der Waals surface area contributed by atoms with Crippen molar-refractivity contribution in [3.63, 3.8) is 0 Å². The van der Waals surface area contributed by atoms with Gasteiger partial charge in [-0.15, -0.1) is 0 Å². The maximum Gasteiger partial charge on any atom is 0.0351 e. The number of rotatable bonds is 9. The molecule has 2 nitrogen and oxygen atoms in total. The predicted molar refractivity (Wildman–Crippen MR) is 89.2 cm³/mol. The average Bonchev–Trinajstić information content (AvgIpc) is 2.62. The number of allylic oxidation sites excluding steroid dienone is 3. The van der Waals surface area contributed by atoms with Crippen LogP contribution in [0.2, 0.25) is 0 Å². The third-order valence-corrected chi connectivity index (χ3v) is 3.84. The average molecular weight is 274 g/mol. The Labute approximate surface area is 124 Å². The van der Waals surface area contributed by atoms with Gasteiger partial charge in [-0.2, -0.15) is 0 Å². The van der Waals surface area contributed by atoms with Crippen molar-refractivity contribution in [1.82, 2.24) is 10.2 Å². The largest absolute Gasteiger partial charge is 0.385 e. The summed E-state index contributed by atoms with van der Waals surface area (Å²) >= 11 is 0. The molecule has 1 aliphatic rings. The minimum atomic E-state index is 0.564. The summed E-state index contributed by atoms with van der Waals surface area (Å²) < 4.78 is 0. The van der Waals surface area contributed by atoms with Crippen molar-refractivity contribution in [2.45, 2.75) is 46.0 Å². The van der Waals surface area contributed by atoms with Crippen LogP contribution in [0, 0.1) is 5.92 Å².